The monoisotopic (exact) mass is 426 g/mol. The smallest absolute Gasteiger partial charge is 0.320 e. The first kappa shape index (κ1) is 21.3. The lowest BCUT2D eigenvalue weighted by molar-refractivity contribution is -0.115. The Bertz CT molecular complexity index is 931. The van der Waals surface area contributed by atoms with E-state index < -0.39 is 0 Å². The Hall–Kier alpha value is -2.91. The van der Waals surface area contributed by atoms with E-state index in [-0.39, 0.29) is 30.4 Å². The minimum atomic E-state index is -0.226. The summed E-state index contributed by atoms with van der Waals surface area (Å²) >= 11 is 0. The van der Waals surface area contributed by atoms with Crippen molar-refractivity contribution in [3.63, 3.8) is 0 Å². The van der Waals surface area contributed by atoms with Crippen LogP contribution in [0, 0.1) is 0 Å². The van der Waals surface area contributed by atoms with Gasteiger partial charge in [-0.15, -0.1) is 0 Å². The van der Waals surface area contributed by atoms with Crippen LogP contribution in [0.25, 0.3) is 0 Å². The van der Waals surface area contributed by atoms with Gasteiger partial charge >= 0.3 is 6.01 Å². The number of aromatic nitrogens is 2. The van der Waals surface area contributed by atoms with E-state index in [0.29, 0.717) is 24.7 Å². The number of nitrogens with one attached hydrogen (secondary N) is 1. The third-order valence-corrected chi connectivity index (χ3v) is 5.47. The maximum atomic E-state index is 12.3. The van der Waals surface area contributed by atoms with Crippen molar-refractivity contribution in [1.29, 1.82) is 0 Å². The Morgan fingerprint density at radius 1 is 1.19 bits per heavy atom. The van der Waals surface area contributed by atoms with Crippen LogP contribution in [-0.2, 0) is 22.6 Å². The average molecular weight is 427 g/mol. The summed E-state index contributed by atoms with van der Waals surface area (Å²) in [6.45, 7) is 6.27. The Morgan fingerprint density at radius 2 is 1.94 bits per heavy atom. The largest absolute Gasteiger partial charge is 0.458 e. The molecule has 31 heavy (non-hydrogen) atoms. The number of likely N-dealkylation sites (tertiary alicyclic amines) is 1. The van der Waals surface area contributed by atoms with E-state index in [9.17, 15) is 4.79 Å². The van der Waals surface area contributed by atoms with E-state index in [1.54, 1.807) is 7.11 Å². The molecule has 1 aromatic heterocycles. The molecule has 2 aliphatic heterocycles. The minimum Gasteiger partial charge on any atom is -0.458 e. The second-order valence-electron chi connectivity index (χ2n) is 8.18. The predicted octanol–water partition coefficient (Wildman–Crippen LogP) is 2.03. The highest BCUT2D eigenvalue weighted by Gasteiger charge is 2.28. The maximum absolute atomic E-state index is 12.3. The van der Waals surface area contributed by atoms with Crippen LogP contribution < -0.4 is 20.7 Å². The summed E-state index contributed by atoms with van der Waals surface area (Å²) in [5, 5.41) is 2.79. The number of rotatable bonds is 8. The molecule has 1 atom stereocenters. The van der Waals surface area contributed by atoms with Gasteiger partial charge < -0.3 is 25.4 Å². The van der Waals surface area contributed by atoms with Crippen LogP contribution in [-0.4, -0.2) is 60.2 Å². The maximum Gasteiger partial charge on any atom is 0.320 e. The van der Waals surface area contributed by atoms with Crippen LogP contribution in [0.4, 0.5) is 17.3 Å². The molecule has 0 aliphatic carbocycles. The van der Waals surface area contributed by atoms with Crippen LogP contribution in [0.1, 0.15) is 30.9 Å². The SMILES string of the molecule is COC[C@H](C)Oc1nc(N)c2c(n1)N(Cc1cccc(CN3CCCC3)c1)CC(=O)N2. The molecule has 1 amide bonds. The number of methoxy groups -OCH3 is 1. The van der Waals surface area contributed by atoms with Gasteiger partial charge in [-0.05, 0) is 44.0 Å². The number of nitrogens with two attached hydrogens (primary N) is 1. The van der Waals surface area contributed by atoms with Crippen molar-refractivity contribution in [2.75, 3.05) is 49.3 Å². The van der Waals surface area contributed by atoms with Gasteiger partial charge in [0, 0.05) is 20.2 Å². The van der Waals surface area contributed by atoms with Gasteiger partial charge in [0.1, 0.15) is 11.8 Å². The standard InChI is InChI=1S/C22H30N6O3/c1-15(14-30-2)31-22-25-20(23)19-21(26-22)28(13-18(29)24-19)12-17-7-5-6-16(10-17)11-27-8-3-4-9-27/h5-7,10,15H,3-4,8-9,11-14H2,1-2H3,(H,24,29)(H2,23,25,26)/t15-/m0/s1. The van der Waals surface area contributed by atoms with E-state index in [4.69, 9.17) is 15.2 Å². The summed E-state index contributed by atoms with van der Waals surface area (Å²) < 4.78 is 10.9. The van der Waals surface area contributed by atoms with Crippen molar-refractivity contribution in [2.45, 2.75) is 39.0 Å². The average Bonchev–Trinajstić information content (AvgIpc) is 3.22. The summed E-state index contributed by atoms with van der Waals surface area (Å²) in [7, 11) is 1.61. The molecule has 9 heteroatoms. The molecule has 0 spiro atoms. The van der Waals surface area contributed by atoms with Gasteiger partial charge in [0.05, 0.1) is 13.2 Å². The summed E-state index contributed by atoms with van der Waals surface area (Å²) in [6, 6.07) is 8.67. The molecule has 0 bridgehead atoms. The molecule has 0 unspecified atom stereocenters. The molecule has 166 valence electrons. The molecule has 3 N–H and O–H groups in total. The molecule has 1 aromatic carbocycles. The summed E-state index contributed by atoms with van der Waals surface area (Å²) in [4.78, 5) is 25.4. The molecule has 1 fully saturated rings. The van der Waals surface area contributed by atoms with Crippen LogP contribution in [0.2, 0.25) is 0 Å². The normalized spacial score (nSPS) is 17.4. The first-order valence-electron chi connectivity index (χ1n) is 10.7. The Balaban J connectivity index is 1.55. The number of carbonyl (C=O) groups excluding carboxylic acids is 1. The van der Waals surface area contributed by atoms with Crippen LogP contribution >= 0.6 is 0 Å². The van der Waals surface area contributed by atoms with Crippen molar-refractivity contribution in [3.05, 3.63) is 35.4 Å². The molecule has 1 saturated heterocycles. The van der Waals surface area contributed by atoms with Crippen LogP contribution in [0.5, 0.6) is 6.01 Å². The van der Waals surface area contributed by atoms with E-state index in [0.717, 1.165) is 25.2 Å². The number of hydrogen-bond donors (Lipinski definition) is 2. The number of benzene rings is 1. The number of amides is 1. The zero-order chi connectivity index (χ0) is 21.8. The van der Waals surface area contributed by atoms with Crippen molar-refractivity contribution < 1.29 is 14.3 Å². The number of ether oxygens (including phenoxy) is 2. The van der Waals surface area contributed by atoms with Gasteiger partial charge in [-0.2, -0.15) is 9.97 Å². The van der Waals surface area contributed by atoms with Gasteiger partial charge in [0.2, 0.25) is 5.91 Å². The molecule has 9 nitrogen and oxygen atoms in total. The summed E-state index contributed by atoms with van der Waals surface area (Å²) in [6.07, 6.45) is 2.32. The number of carbonyl (C=O) groups is 1. The zero-order valence-electron chi connectivity index (χ0n) is 18.1. The second kappa shape index (κ2) is 9.49. The topological polar surface area (TPSA) is 106 Å². The fourth-order valence-electron chi connectivity index (χ4n) is 4.10. The quantitative estimate of drug-likeness (QED) is 0.661. The summed E-state index contributed by atoms with van der Waals surface area (Å²) in [5.74, 6) is 0.611. The fourth-order valence-corrected chi connectivity index (χ4v) is 4.10. The molecule has 2 aromatic rings. The highest BCUT2D eigenvalue weighted by atomic mass is 16.5. The number of hydrogen-bond acceptors (Lipinski definition) is 8. The molecular weight excluding hydrogens is 396 g/mol. The van der Waals surface area contributed by atoms with Gasteiger partial charge in [0.15, 0.2) is 11.6 Å². The Labute approximate surface area is 182 Å². The van der Waals surface area contributed by atoms with Crippen molar-refractivity contribution in [2.24, 2.45) is 0 Å². The van der Waals surface area contributed by atoms with Crippen LogP contribution in [0.15, 0.2) is 24.3 Å². The number of nitrogen functional groups attached to an aromatic ring is 1. The first-order chi connectivity index (χ1) is 15.0. The van der Waals surface area contributed by atoms with Crippen molar-refractivity contribution in [1.82, 2.24) is 14.9 Å². The van der Waals surface area contributed by atoms with Gasteiger partial charge in [0.25, 0.3) is 0 Å². The Kier molecular flexibility index (Phi) is 6.53. The molecule has 4 rings (SSSR count). The first-order valence-corrected chi connectivity index (χ1v) is 10.7. The third kappa shape index (κ3) is 5.23. The number of nitrogens with zero attached hydrogens (tertiary/aromatic N) is 4. The second-order valence-corrected chi connectivity index (χ2v) is 8.18. The van der Waals surface area contributed by atoms with Gasteiger partial charge in [-0.3, -0.25) is 9.69 Å². The molecule has 3 heterocycles. The molecular formula is C22H30N6O3. The lowest BCUT2D eigenvalue weighted by Gasteiger charge is -2.30. The third-order valence-electron chi connectivity index (χ3n) is 5.47. The highest BCUT2D eigenvalue weighted by Crippen LogP contribution is 2.34. The summed E-state index contributed by atoms with van der Waals surface area (Å²) in [5.41, 5.74) is 8.94. The van der Waals surface area contributed by atoms with E-state index in [1.807, 2.05) is 11.8 Å². The molecule has 0 saturated carbocycles. The molecule has 0 radical (unpaired) electrons. The van der Waals surface area contributed by atoms with Gasteiger partial charge in [-0.1, -0.05) is 24.3 Å². The van der Waals surface area contributed by atoms with Crippen molar-refractivity contribution in [3.8, 4) is 6.01 Å². The number of fused-ring (bicyclic) bond motifs is 1. The van der Waals surface area contributed by atoms with E-state index >= 15 is 0 Å². The van der Waals surface area contributed by atoms with E-state index in [1.165, 1.54) is 18.4 Å². The highest BCUT2D eigenvalue weighted by molar-refractivity contribution is 6.03. The van der Waals surface area contributed by atoms with Crippen molar-refractivity contribution >= 4 is 23.2 Å². The lowest BCUT2D eigenvalue weighted by atomic mass is 10.1. The number of anilines is 3. The van der Waals surface area contributed by atoms with E-state index in [2.05, 4.69) is 44.5 Å². The lowest BCUT2D eigenvalue weighted by Crippen LogP contribution is -2.39. The van der Waals surface area contributed by atoms with Crippen LogP contribution in [0.3, 0.4) is 0 Å². The zero-order valence-corrected chi connectivity index (χ0v) is 18.1. The minimum absolute atomic E-state index is 0.141. The predicted molar refractivity (Wildman–Crippen MR) is 119 cm³/mol. The Morgan fingerprint density at radius 3 is 2.68 bits per heavy atom. The molecule has 2 aliphatic rings. The van der Waals surface area contributed by atoms with Gasteiger partial charge in [-0.25, -0.2) is 0 Å². The fraction of sp³-hybridized carbons (Fsp3) is 0.500.